The number of aromatic nitrogens is 1. The molecule has 0 fully saturated rings. The first-order valence-electron chi connectivity index (χ1n) is 5.13. The second kappa shape index (κ2) is 4.22. The normalized spacial score (nSPS) is 10.7. The van der Waals surface area contributed by atoms with Crippen LogP contribution in [-0.4, -0.2) is 4.98 Å². The van der Waals surface area contributed by atoms with Crippen molar-refractivity contribution in [2.24, 2.45) is 0 Å². The van der Waals surface area contributed by atoms with Crippen LogP contribution in [0.25, 0.3) is 11.3 Å². The molecule has 0 aliphatic carbocycles. The maximum atomic E-state index is 13.1. The lowest BCUT2D eigenvalue weighted by molar-refractivity contribution is 0.619. The Morgan fingerprint density at radius 1 is 1.44 bits per heavy atom. The highest BCUT2D eigenvalue weighted by molar-refractivity contribution is 7.16. The summed E-state index contributed by atoms with van der Waals surface area (Å²) in [5.41, 5.74) is 8.16. The first-order valence-corrected chi connectivity index (χ1v) is 5.95. The molecule has 0 bridgehead atoms. The predicted molar refractivity (Wildman–Crippen MR) is 66.0 cm³/mol. The third-order valence-corrected chi connectivity index (χ3v) is 3.46. The summed E-state index contributed by atoms with van der Waals surface area (Å²) in [6.07, 6.45) is 0.870. The number of halogens is 1. The molecule has 2 rings (SSSR count). The van der Waals surface area contributed by atoms with Crippen LogP contribution in [0.1, 0.15) is 17.5 Å². The van der Waals surface area contributed by atoms with E-state index < -0.39 is 0 Å². The van der Waals surface area contributed by atoms with Gasteiger partial charge in [-0.25, -0.2) is 9.37 Å². The van der Waals surface area contributed by atoms with Crippen LogP contribution in [0.3, 0.4) is 0 Å². The monoisotopic (exact) mass is 236 g/mol. The molecule has 0 radical (unpaired) electrons. The minimum Gasteiger partial charge on any atom is -0.389 e. The van der Waals surface area contributed by atoms with Crippen molar-refractivity contribution in [3.63, 3.8) is 0 Å². The fraction of sp³-hybridized carbons (Fsp3) is 0.250. The van der Waals surface area contributed by atoms with Gasteiger partial charge in [-0.15, -0.1) is 11.3 Å². The Morgan fingerprint density at radius 3 is 2.75 bits per heavy atom. The van der Waals surface area contributed by atoms with E-state index in [4.69, 9.17) is 5.73 Å². The minimum atomic E-state index is -0.201. The van der Waals surface area contributed by atoms with Gasteiger partial charge in [-0.3, -0.25) is 0 Å². The molecule has 0 saturated heterocycles. The Kier molecular flexibility index (Phi) is 2.92. The van der Waals surface area contributed by atoms with Gasteiger partial charge in [-0.1, -0.05) is 6.92 Å². The van der Waals surface area contributed by atoms with Gasteiger partial charge in [0.2, 0.25) is 0 Å². The molecule has 84 valence electrons. The number of nitrogen functional groups attached to an aromatic ring is 1. The molecule has 0 saturated carbocycles. The van der Waals surface area contributed by atoms with Crippen molar-refractivity contribution < 1.29 is 4.39 Å². The van der Waals surface area contributed by atoms with Gasteiger partial charge in [-0.2, -0.15) is 0 Å². The first-order chi connectivity index (χ1) is 7.61. The van der Waals surface area contributed by atoms with Crippen LogP contribution in [0.2, 0.25) is 0 Å². The predicted octanol–water partition coefficient (Wildman–Crippen LogP) is 3.40. The van der Waals surface area contributed by atoms with Crippen molar-refractivity contribution >= 4 is 16.3 Å². The van der Waals surface area contributed by atoms with E-state index in [0.717, 1.165) is 22.7 Å². The molecule has 2 aromatic rings. The lowest BCUT2D eigenvalue weighted by Crippen LogP contribution is -1.89. The quantitative estimate of drug-likeness (QED) is 0.868. The number of aryl methyl sites for hydroxylation is 2. The Bertz CT molecular complexity index is 520. The number of benzene rings is 1. The molecule has 0 amide bonds. The number of thiazole rings is 1. The topological polar surface area (TPSA) is 38.9 Å². The van der Waals surface area contributed by atoms with Gasteiger partial charge in [0.15, 0.2) is 0 Å². The molecule has 0 spiro atoms. The summed E-state index contributed by atoms with van der Waals surface area (Å²) >= 11 is 1.49. The van der Waals surface area contributed by atoms with Crippen LogP contribution in [0.4, 0.5) is 9.39 Å². The van der Waals surface area contributed by atoms with Crippen LogP contribution in [0.15, 0.2) is 18.2 Å². The van der Waals surface area contributed by atoms with Gasteiger partial charge in [0.1, 0.15) is 16.5 Å². The summed E-state index contributed by atoms with van der Waals surface area (Å²) in [5.74, 6) is -0.201. The van der Waals surface area contributed by atoms with Gasteiger partial charge >= 0.3 is 0 Å². The Hall–Kier alpha value is -1.42. The third kappa shape index (κ3) is 1.93. The summed E-state index contributed by atoms with van der Waals surface area (Å²) in [5, 5.41) is 1.71. The summed E-state index contributed by atoms with van der Waals surface area (Å²) in [7, 11) is 0. The van der Waals surface area contributed by atoms with E-state index in [2.05, 4.69) is 4.98 Å². The van der Waals surface area contributed by atoms with E-state index in [-0.39, 0.29) is 5.82 Å². The number of hydrogen-bond donors (Lipinski definition) is 1. The maximum absolute atomic E-state index is 13.1. The van der Waals surface area contributed by atoms with Crippen LogP contribution in [0, 0.1) is 12.7 Å². The standard InChI is InChI=1S/C12H13FN2S/c1-3-10-15-11(12(14)16-10)8-4-5-9(13)7(2)6-8/h4-6H,3,14H2,1-2H3. The van der Waals surface area contributed by atoms with E-state index in [0.29, 0.717) is 10.6 Å². The van der Waals surface area contributed by atoms with Gasteiger partial charge < -0.3 is 5.73 Å². The summed E-state index contributed by atoms with van der Waals surface area (Å²) in [6, 6.07) is 4.95. The highest BCUT2D eigenvalue weighted by atomic mass is 32.1. The first kappa shape index (κ1) is 11.1. The van der Waals surface area contributed by atoms with E-state index in [1.165, 1.54) is 17.4 Å². The Morgan fingerprint density at radius 2 is 2.19 bits per heavy atom. The van der Waals surface area contributed by atoms with Crippen LogP contribution < -0.4 is 5.73 Å². The number of nitrogens with two attached hydrogens (primary N) is 1. The van der Waals surface area contributed by atoms with Gasteiger partial charge in [0.05, 0.1) is 5.01 Å². The molecule has 1 aromatic heterocycles. The highest BCUT2D eigenvalue weighted by Crippen LogP contribution is 2.31. The summed E-state index contributed by atoms with van der Waals surface area (Å²) < 4.78 is 13.1. The Labute approximate surface area is 97.9 Å². The van der Waals surface area contributed by atoms with Crippen molar-refractivity contribution in [2.75, 3.05) is 5.73 Å². The van der Waals surface area contributed by atoms with Gasteiger partial charge in [0.25, 0.3) is 0 Å². The molecule has 4 heteroatoms. The van der Waals surface area contributed by atoms with E-state index in [9.17, 15) is 4.39 Å². The fourth-order valence-corrected chi connectivity index (χ4v) is 2.32. The van der Waals surface area contributed by atoms with Gasteiger partial charge in [0, 0.05) is 5.56 Å². The molecule has 1 aromatic carbocycles. The lowest BCUT2D eigenvalue weighted by atomic mass is 10.1. The van der Waals surface area contributed by atoms with Crippen molar-refractivity contribution in [2.45, 2.75) is 20.3 Å². The number of nitrogens with zero attached hydrogens (tertiary/aromatic N) is 1. The Balaban J connectivity index is 2.49. The van der Waals surface area contributed by atoms with E-state index >= 15 is 0 Å². The summed E-state index contributed by atoms with van der Waals surface area (Å²) in [6.45, 7) is 3.78. The minimum absolute atomic E-state index is 0.201. The highest BCUT2D eigenvalue weighted by Gasteiger charge is 2.10. The molecule has 0 unspecified atom stereocenters. The second-order valence-corrected chi connectivity index (χ2v) is 4.75. The molecule has 2 nitrogen and oxygen atoms in total. The second-order valence-electron chi connectivity index (χ2n) is 3.64. The molecular weight excluding hydrogens is 223 g/mol. The van der Waals surface area contributed by atoms with Crippen molar-refractivity contribution in [1.82, 2.24) is 4.98 Å². The third-order valence-electron chi connectivity index (χ3n) is 2.43. The largest absolute Gasteiger partial charge is 0.389 e. The molecule has 0 aliphatic rings. The van der Waals surface area contributed by atoms with Crippen molar-refractivity contribution in [1.29, 1.82) is 0 Å². The SMILES string of the molecule is CCc1nc(-c2ccc(F)c(C)c2)c(N)s1. The maximum Gasteiger partial charge on any atom is 0.126 e. The van der Waals surface area contributed by atoms with Crippen LogP contribution in [-0.2, 0) is 6.42 Å². The molecule has 0 aliphatic heterocycles. The lowest BCUT2D eigenvalue weighted by Gasteiger charge is -2.01. The average molecular weight is 236 g/mol. The molecule has 1 heterocycles. The number of anilines is 1. The molecule has 2 N–H and O–H groups in total. The number of hydrogen-bond acceptors (Lipinski definition) is 3. The summed E-state index contributed by atoms with van der Waals surface area (Å²) in [4.78, 5) is 4.44. The zero-order valence-corrected chi connectivity index (χ0v) is 10.1. The average Bonchev–Trinajstić information content (AvgIpc) is 2.64. The molecular formula is C12H13FN2S. The number of rotatable bonds is 2. The van der Waals surface area contributed by atoms with E-state index in [1.807, 2.05) is 6.92 Å². The molecule has 16 heavy (non-hydrogen) atoms. The van der Waals surface area contributed by atoms with Gasteiger partial charge in [-0.05, 0) is 37.1 Å². The van der Waals surface area contributed by atoms with Crippen molar-refractivity contribution in [3.8, 4) is 11.3 Å². The fourth-order valence-electron chi connectivity index (χ4n) is 1.53. The van der Waals surface area contributed by atoms with Crippen LogP contribution >= 0.6 is 11.3 Å². The smallest absolute Gasteiger partial charge is 0.126 e. The van der Waals surface area contributed by atoms with Crippen molar-refractivity contribution in [3.05, 3.63) is 34.6 Å². The van der Waals surface area contributed by atoms with Crippen LogP contribution in [0.5, 0.6) is 0 Å². The zero-order chi connectivity index (χ0) is 11.7. The van der Waals surface area contributed by atoms with E-state index in [1.54, 1.807) is 19.1 Å². The zero-order valence-electron chi connectivity index (χ0n) is 9.25. The molecule has 0 atom stereocenters.